The van der Waals surface area contributed by atoms with E-state index in [-0.39, 0.29) is 11.8 Å². The molecule has 0 saturated heterocycles. The monoisotopic (exact) mass is 278 g/mol. The number of carbonyl (C=O) groups excluding carboxylic acids is 2. The second-order valence-corrected chi connectivity index (χ2v) is 4.50. The van der Waals surface area contributed by atoms with Crippen molar-refractivity contribution in [2.45, 2.75) is 32.6 Å². The number of amides is 2. The van der Waals surface area contributed by atoms with E-state index in [1.807, 2.05) is 0 Å². The number of hydrogen-bond acceptors (Lipinski definition) is 3. The number of ether oxygens (including phenoxy) is 1. The van der Waals surface area contributed by atoms with E-state index in [0.29, 0.717) is 23.4 Å². The third kappa shape index (κ3) is 4.57. The number of hydrogen-bond donors (Lipinski definition) is 2. The molecule has 110 valence electrons. The predicted molar refractivity (Wildman–Crippen MR) is 79.2 cm³/mol. The summed E-state index contributed by atoms with van der Waals surface area (Å²) in [6.45, 7) is 2.09. The highest BCUT2D eigenvalue weighted by Gasteiger charge is 2.11. The van der Waals surface area contributed by atoms with E-state index in [1.54, 1.807) is 25.2 Å². The zero-order valence-electron chi connectivity index (χ0n) is 12.3. The minimum Gasteiger partial charge on any atom is -0.495 e. The molecule has 0 bridgehead atoms. The Balaban J connectivity index is 2.80. The molecule has 1 rings (SSSR count). The molecule has 0 unspecified atom stereocenters. The van der Waals surface area contributed by atoms with Gasteiger partial charge in [0.1, 0.15) is 5.75 Å². The highest BCUT2D eigenvalue weighted by atomic mass is 16.5. The van der Waals surface area contributed by atoms with Crippen LogP contribution in [0.1, 0.15) is 43.0 Å². The first-order valence-corrected chi connectivity index (χ1v) is 6.82. The van der Waals surface area contributed by atoms with Gasteiger partial charge in [-0.1, -0.05) is 19.8 Å². The topological polar surface area (TPSA) is 67.4 Å². The van der Waals surface area contributed by atoms with Crippen LogP contribution in [0.3, 0.4) is 0 Å². The maximum atomic E-state index is 11.8. The number of anilines is 1. The van der Waals surface area contributed by atoms with Gasteiger partial charge in [0, 0.05) is 19.0 Å². The molecule has 1 aromatic carbocycles. The largest absolute Gasteiger partial charge is 0.495 e. The molecular formula is C15H22N2O3. The minimum atomic E-state index is -0.200. The molecule has 1 aromatic rings. The zero-order valence-corrected chi connectivity index (χ0v) is 12.3. The fourth-order valence-corrected chi connectivity index (χ4v) is 1.84. The van der Waals surface area contributed by atoms with Crippen molar-refractivity contribution in [3.05, 3.63) is 23.8 Å². The van der Waals surface area contributed by atoms with Crippen LogP contribution >= 0.6 is 0 Å². The van der Waals surface area contributed by atoms with Crippen LogP contribution in [0.25, 0.3) is 0 Å². The van der Waals surface area contributed by atoms with E-state index in [0.717, 1.165) is 19.3 Å². The molecule has 0 aliphatic carbocycles. The predicted octanol–water partition coefficient (Wildman–Crippen LogP) is 2.57. The second kappa shape index (κ2) is 8.19. The van der Waals surface area contributed by atoms with Crippen molar-refractivity contribution in [2.24, 2.45) is 0 Å². The van der Waals surface area contributed by atoms with Gasteiger partial charge in [-0.25, -0.2) is 0 Å². The molecule has 0 saturated carbocycles. The molecule has 0 aromatic heterocycles. The molecule has 2 N–H and O–H groups in total. The van der Waals surface area contributed by atoms with Crippen LogP contribution in [0.4, 0.5) is 5.69 Å². The van der Waals surface area contributed by atoms with Crippen molar-refractivity contribution in [1.82, 2.24) is 5.32 Å². The molecule has 0 radical (unpaired) electrons. The maximum Gasteiger partial charge on any atom is 0.251 e. The summed E-state index contributed by atoms with van der Waals surface area (Å²) in [6, 6.07) is 4.95. The van der Waals surface area contributed by atoms with E-state index in [1.165, 1.54) is 7.11 Å². The highest BCUT2D eigenvalue weighted by molar-refractivity contribution is 5.98. The Kier molecular flexibility index (Phi) is 6.56. The molecule has 0 aliphatic rings. The summed E-state index contributed by atoms with van der Waals surface area (Å²) in [5, 5.41) is 5.34. The Labute approximate surface area is 119 Å². The quantitative estimate of drug-likeness (QED) is 0.753. The third-order valence-corrected chi connectivity index (χ3v) is 2.97. The van der Waals surface area contributed by atoms with Crippen molar-refractivity contribution in [2.75, 3.05) is 19.5 Å². The first-order valence-electron chi connectivity index (χ1n) is 6.82. The molecule has 20 heavy (non-hydrogen) atoms. The number of unbranched alkanes of at least 4 members (excludes halogenated alkanes) is 2. The standard InChI is InChI=1S/C15H22N2O3/c1-4-5-6-7-14(18)17-12-10-11(15(19)16-2)8-9-13(12)20-3/h8-10H,4-7H2,1-3H3,(H,16,19)(H,17,18). The Bertz CT molecular complexity index is 472. The SMILES string of the molecule is CCCCCC(=O)Nc1cc(C(=O)NC)ccc1OC. The molecule has 0 fully saturated rings. The second-order valence-electron chi connectivity index (χ2n) is 4.50. The average molecular weight is 278 g/mol. The number of benzene rings is 1. The molecule has 5 heteroatoms. The lowest BCUT2D eigenvalue weighted by atomic mass is 10.1. The summed E-state index contributed by atoms with van der Waals surface area (Å²) in [5.41, 5.74) is 1.01. The van der Waals surface area contributed by atoms with E-state index >= 15 is 0 Å². The van der Waals surface area contributed by atoms with E-state index in [9.17, 15) is 9.59 Å². The van der Waals surface area contributed by atoms with Gasteiger partial charge in [0.15, 0.2) is 0 Å². The van der Waals surface area contributed by atoms with E-state index in [4.69, 9.17) is 4.74 Å². The van der Waals surface area contributed by atoms with Crippen LogP contribution in [0, 0.1) is 0 Å². The first-order chi connectivity index (χ1) is 9.62. The molecule has 0 spiro atoms. The number of nitrogens with one attached hydrogen (secondary N) is 2. The molecule has 5 nitrogen and oxygen atoms in total. The van der Waals surface area contributed by atoms with Gasteiger partial charge in [-0.2, -0.15) is 0 Å². The van der Waals surface area contributed by atoms with Crippen molar-refractivity contribution in [1.29, 1.82) is 0 Å². The number of rotatable bonds is 7. The Morgan fingerprint density at radius 3 is 2.60 bits per heavy atom. The van der Waals surface area contributed by atoms with E-state index < -0.39 is 0 Å². The number of carbonyl (C=O) groups is 2. The van der Waals surface area contributed by atoms with Gasteiger partial charge in [0.2, 0.25) is 5.91 Å². The molecule has 0 aliphatic heterocycles. The minimum absolute atomic E-state index is 0.0641. The van der Waals surface area contributed by atoms with Gasteiger partial charge < -0.3 is 15.4 Å². The van der Waals surface area contributed by atoms with Gasteiger partial charge in [-0.15, -0.1) is 0 Å². The lowest BCUT2D eigenvalue weighted by Gasteiger charge is -2.11. The van der Waals surface area contributed by atoms with Crippen LogP contribution in [0.2, 0.25) is 0 Å². The molecule has 2 amide bonds. The number of methoxy groups -OCH3 is 1. The Morgan fingerprint density at radius 1 is 1.25 bits per heavy atom. The smallest absolute Gasteiger partial charge is 0.251 e. The van der Waals surface area contributed by atoms with Crippen LogP contribution < -0.4 is 15.4 Å². The summed E-state index contributed by atoms with van der Waals surface area (Å²) >= 11 is 0. The zero-order chi connectivity index (χ0) is 15.0. The van der Waals surface area contributed by atoms with Crippen LogP contribution in [-0.2, 0) is 4.79 Å². The first kappa shape index (κ1) is 16.0. The summed E-state index contributed by atoms with van der Waals surface area (Å²) < 4.78 is 5.19. The summed E-state index contributed by atoms with van der Waals surface area (Å²) in [6.07, 6.45) is 3.44. The lowest BCUT2D eigenvalue weighted by Crippen LogP contribution is -2.18. The fourth-order valence-electron chi connectivity index (χ4n) is 1.84. The van der Waals surface area contributed by atoms with Crippen molar-refractivity contribution in [3.63, 3.8) is 0 Å². The highest BCUT2D eigenvalue weighted by Crippen LogP contribution is 2.25. The Morgan fingerprint density at radius 2 is 2.00 bits per heavy atom. The van der Waals surface area contributed by atoms with Gasteiger partial charge >= 0.3 is 0 Å². The van der Waals surface area contributed by atoms with Crippen LogP contribution in [-0.4, -0.2) is 26.0 Å². The van der Waals surface area contributed by atoms with Crippen LogP contribution in [0.5, 0.6) is 5.75 Å². The Hall–Kier alpha value is -2.04. The summed E-state index contributed by atoms with van der Waals surface area (Å²) in [7, 11) is 3.09. The van der Waals surface area contributed by atoms with Crippen molar-refractivity contribution >= 4 is 17.5 Å². The maximum absolute atomic E-state index is 11.8. The van der Waals surface area contributed by atoms with E-state index in [2.05, 4.69) is 17.6 Å². The van der Waals surface area contributed by atoms with Crippen molar-refractivity contribution in [3.8, 4) is 5.75 Å². The average Bonchev–Trinajstić information content (AvgIpc) is 2.46. The molecule has 0 heterocycles. The lowest BCUT2D eigenvalue weighted by molar-refractivity contribution is -0.116. The van der Waals surface area contributed by atoms with Gasteiger partial charge in [0.05, 0.1) is 12.8 Å². The van der Waals surface area contributed by atoms with Crippen molar-refractivity contribution < 1.29 is 14.3 Å². The van der Waals surface area contributed by atoms with Gasteiger partial charge in [0.25, 0.3) is 5.91 Å². The summed E-state index contributed by atoms with van der Waals surface area (Å²) in [4.78, 5) is 23.4. The van der Waals surface area contributed by atoms with Crippen LogP contribution in [0.15, 0.2) is 18.2 Å². The summed E-state index contributed by atoms with van der Waals surface area (Å²) in [5.74, 6) is 0.279. The normalized spacial score (nSPS) is 9.95. The molecule has 0 atom stereocenters. The van der Waals surface area contributed by atoms with Gasteiger partial charge in [-0.3, -0.25) is 9.59 Å². The van der Waals surface area contributed by atoms with Gasteiger partial charge in [-0.05, 0) is 24.6 Å². The fraction of sp³-hybridized carbons (Fsp3) is 0.467. The molecular weight excluding hydrogens is 256 g/mol. The third-order valence-electron chi connectivity index (χ3n) is 2.97.